The summed E-state index contributed by atoms with van der Waals surface area (Å²) in [6.45, 7) is 1.55. The molecule has 5 heteroatoms. The van der Waals surface area contributed by atoms with Crippen molar-refractivity contribution in [2.45, 2.75) is 13.0 Å². The Morgan fingerprint density at radius 3 is 2.73 bits per heavy atom. The molecule has 0 heterocycles. The van der Waals surface area contributed by atoms with Crippen LogP contribution in [-0.4, -0.2) is 18.4 Å². The van der Waals surface area contributed by atoms with E-state index in [0.29, 0.717) is 17.9 Å². The number of rotatable bonds is 4. The predicted molar refractivity (Wildman–Crippen MR) is 59.4 cm³/mol. The van der Waals surface area contributed by atoms with Gasteiger partial charge in [-0.25, -0.2) is 4.39 Å². The molecule has 0 aliphatic rings. The fraction of sp³-hybridized carbons (Fsp3) is 0.400. The normalized spacial score (nSPS) is 11.7. The minimum atomic E-state index is -0.796. The first-order valence-electron chi connectivity index (χ1n) is 4.47. The Morgan fingerprint density at radius 2 is 2.20 bits per heavy atom. The van der Waals surface area contributed by atoms with E-state index >= 15 is 0 Å². The van der Waals surface area contributed by atoms with Gasteiger partial charge in [0, 0.05) is 5.56 Å². The third kappa shape index (κ3) is 3.25. The number of para-hydroxylation sites is 1. The van der Waals surface area contributed by atoms with Gasteiger partial charge in [0.2, 0.25) is 0 Å². The summed E-state index contributed by atoms with van der Waals surface area (Å²) in [4.78, 5) is 0. The highest BCUT2D eigenvalue weighted by atomic mass is 35.5. The van der Waals surface area contributed by atoms with Gasteiger partial charge in [-0.3, -0.25) is 0 Å². The lowest BCUT2D eigenvalue weighted by Crippen LogP contribution is -2.12. The van der Waals surface area contributed by atoms with Crippen molar-refractivity contribution in [3.8, 4) is 11.5 Å². The molecule has 0 spiro atoms. The lowest BCUT2D eigenvalue weighted by molar-refractivity contribution is 0.314. The van der Waals surface area contributed by atoms with Gasteiger partial charge >= 0.3 is 0 Å². The van der Waals surface area contributed by atoms with Gasteiger partial charge in [-0.2, -0.15) is 0 Å². The van der Waals surface area contributed by atoms with Crippen LogP contribution in [0.4, 0.5) is 4.39 Å². The van der Waals surface area contributed by atoms with Crippen LogP contribution in [0.15, 0.2) is 18.2 Å². The van der Waals surface area contributed by atoms with Crippen molar-refractivity contribution < 1.29 is 14.2 Å². The van der Waals surface area contributed by atoms with Gasteiger partial charge in [0.25, 0.3) is 0 Å². The zero-order valence-corrected chi connectivity index (χ0v) is 9.26. The third-order valence-electron chi connectivity index (χ3n) is 1.90. The van der Waals surface area contributed by atoms with Crippen molar-refractivity contribution in [1.82, 2.24) is 0 Å². The lowest BCUT2D eigenvalue weighted by Gasteiger charge is -2.12. The van der Waals surface area contributed by atoms with E-state index in [1.165, 1.54) is 0 Å². The molecule has 0 aromatic heterocycles. The minimum Gasteiger partial charge on any atom is -0.504 e. The van der Waals surface area contributed by atoms with Crippen molar-refractivity contribution in [3.05, 3.63) is 23.8 Å². The third-order valence-corrected chi connectivity index (χ3v) is 1.90. The molecule has 0 radical (unpaired) electrons. The second-order valence-electron chi connectivity index (χ2n) is 2.89. The maximum absolute atomic E-state index is 12.3. The second kappa shape index (κ2) is 6.48. The van der Waals surface area contributed by atoms with Crippen molar-refractivity contribution in [2.75, 3.05) is 13.3 Å². The molecule has 1 rings (SSSR count). The zero-order valence-electron chi connectivity index (χ0n) is 8.44. The van der Waals surface area contributed by atoms with Gasteiger partial charge in [-0.1, -0.05) is 12.1 Å². The maximum Gasteiger partial charge on any atom is 0.162 e. The number of nitrogens with two attached hydrogens (primary N) is 1. The summed E-state index contributed by atoms with van der Waals surface area (Å²) in [7, 11) is 0. The van der Waals surface area contributed by atoms with E-state index in [1.54, 1.807) is 25.1 Å². The van der Waals surface area contributed by atoms with Crippen molar-refractivity contribution in [3.63, 3.8) is 0 Å². The van der Waals surface area contributed by atoms with Crippen LogP contribution in [0.1, 0.15) is 18.5 Å². The molecule has 3 nitrogen and oxygen atoms in total. The fourth-order valence-electron chi connectivity index (χ4n) is 1.19. The van der Waals surface area contributed by atoms with Gasteiger partial charge in [-0.05, 0) is 13.0 Å². The molecule has 0 unspecified atom stereocenters. The quantitative estimate of drug-likeness (QED) is 0.841. The molecule has 15 heavy (non-hydrogen) atoms. The molecule has 0 aliphatic carbocycles. The molecule has 0 fully saturated rings. The monoisotopic (exact) mass is 235 g/mol. The molecule has 3 N–H and O–H groups in total. The van der Waals surface area contributed by atoms with E-state index in [1.807, 2.05) is 0 Å². The van der Waals surface area contributed by atoms with Crippen LogP contribution in [0.2, 0.25) is 0 Å². The summed E-state index contributed by atoms with van der Waals surface area (Å²) < 4.78 is 17.4. The Balaban J connectivity index is 0.00000196. The first-order chi connectivity index (χ1) is 6.70. The smallest absolute Gasteiger partial charge is 0.162 e. The van der Waals surface area contributed by atoms with E-state index in [-0.39, 0.29) is 18.2 Å². The Morgan fingerprint density at radius 1 is 1.53 bits per heavy atom. The van der Waals surface area contributed by atoms with Gasteiger partial charge < -0.3 is 15.6 Å². The summed E-state index contributed by atoms with van der Waals surface area (Å²) in [5.74, 6) is 0.272. The van der Waals surface area contributed by atoms with Crippen LogP contribution in [-0.2, 0) is 0 Å². The molecule has 86 valence electrons. The van der Waals surface area contributed by atoms with E-state index in [0.717, 1.165) is 0 Å². The van der Waals surface area contributed by atoms with Crippen LogP contribution in [0.5, 0.6) is 11.5 Å². The maximum atomic E-state index is 12.3. The second-order valence-corrected chi connectivity index (χ2v) is 2.89. The number of phenols is 1. The molecule has 0 saturated heterocycles. The molecule has 1 aromatic rings. The van der Waals surface area contributed by atoms with Crippen molar-refractivity contribution in [2.24, 2.45) is 5.73 Å². The predicted octanol–water partition coefficient (Wildman–Crippen LogP) is 2.18. The van der Waals surface area contributed by atoms with E-state index < -0.39 is 12.7 Å². The van der Waals surface area contributed by atoms with Gasteiger partial charge in [0.15, 0.2) is 11.5 Å². The van der Waals surface area contributed by atoms with Crippen LogP contribution >= 0.6 is 12.4 Å². The first-order valence-corrected chi connectivity index (χ1v) is 4.47. The molecule has 0 amide bonds. The molecule has 0 saturated carbocycles. The number of hydrogen-bond donors (Lipinski definition) is 2. The molecule has 1 atom stereocenters. The lowest BCUT2D eigenvalue weighted by atomic mass is 10.1. The minimum absolute atomic E-state index is 0. The molecule has 0 aliphatic heterocycles. The van der Waals surface area contributed by atoms with Gasteiger partial charge in [0.1, 0.15) is 6.67 Å². The summed E-state index contributed by atoms with van der Waals surface area (Å²) in [5, 5.41) is 9.65. The molecular formula is C10H15ClFNO2. The van der Waals surface area contributed by atoms with Gasteiger partial charge in [-0.15, -0.1) is 12.4 Å². The largest absolute Gasteiger partial charge is 0.504 e. The van der Waals surface area contributed by atoms with Crippen molar-refractivity contribution >= 4 is 12.4 Å². The zero-order chi connectivity index (χ0) is 10.6. The highest BCUT2D eigenvalue weighted by Gasteiger charge is 2.13. The topological polar surface area (TPSA) is 55.5 Å². The Labute approximate surface area is 94.5 Å². The number of benzene rings is 1. The van der Waals surface area contributed by atoms with Crippen LogP contribution < -0.4 is 10.5 Å². The van der Waals surface area contributed by atoms with Crippen LogP contribution in [0.25, 0.3) is 0 Å². The average molecular weight is 236 g/mol. The van der Waals surface area contributed by atoms with Gasteiger partial charge in [0.05, 0.1) is 12.6 Å². The summed E-state index contributed by atoms with van der Waals surface area (Å²) >= 11 is 0. The average Bonchev–Trinajstić information content (AvgIpc) is 2.20. The van der Waals surface area contributed by atoms with E-state index in [4.69, 9.17) is 10.5 Å². The standard InChI is InChI=1S/C10H14FNO2.ClH/c1-2-14-9-5-3-4-7(10(9)13)8(12)6-11;/h3-5,8,13H,2,6,12H2,1H3;1H/t8-;/m0./s1. The summed E-state index contributed by atoms with van der Waals surface area (Å²) in [5.41, 5.74) is 5.84. The van der Waals surface area contributed by atoms with Crippen LogP contribution in [0.3, 0.4) is 0 Å². The van der Waals surface area contributed by atoms with Crippen molar-refractivity contribution in [1.29, 1.82) is 0 Å². The number of phenolic OH excluding ortho intramolecular Hbond substituents is 1. The molecular weight excluding hydrogens is 221 g/mol. The Hall–Kier alpha value is -1.00. The number of alkyl halides is 1. The first kappa shape index (κ1) is 14.0. The number of ether oxygens (including phenoxy) is 1. The van der Waals surface area contributed by atoms with E-state index in [2.05, 4.69) is 0 Å². The van der Waals surface area contributed by atoms with E-state index in [9.17, 15) is 9.50 Å². The molecule has 1 aromatic carbocycles. The highest BCUT2D eigenvalue weighted by molar-refractivity contribution is 5.85. The molecule has 0 bridgehead atoms. The fourth-order valence-corrected chi connectivity index (χ4v) is 1.19. The Kier molecular flexibility index (Phi) is 6.05. The Bertz CT molecular complexity index is 309. The number of halogens is 2. The van der Waals surface area contributed by atoms with Crippen LogP contribution in [0, 0.1) is 0 Å². The SMILES string of the molecule is CCOc1cccc([C@@H](N)CF)c1O.Cl. The summed E-state index contributed by atoms with van der Waals surface area (Å²) in [6, 6.07) is 4.08. The summed E-state index contributed by atoms with van der Waals surface area (Å²) in [6.07, 6.45) is 0. The number of aromatic hydroxyl groups is 1. The number of hydrogen-bond acceptors (Lipinski definition) is 3. The highest BCUT2D eigenvalue weighted by Crippen LogP contribution is 2.32.